The lowest BCUT2D eigenvalue weighted by atomic mass is 9.68. The number of carbonyl (C=O) groups excluding carboxylic acids is 3. The van der Waals surface area contributed by atoms with Gasteiger partial charge in [0, 0.05) is 31.5 Å². The summed E-state index contributed by atoms with van der Waals surface area (Å²) in [5, 5.41) is 0. The van der Waals surface area contributed by atoms with Crippen LogP contribution >= 0.6 is 0 Å². The monoisotopic (exact) mass is 440 g/mol. The minimum atomic E-state index is -0.480. The van der Waals surface area contributed by atoms with Crippen LogP contribution in [-0.2, 0) is 15.1 Å². The molecule has 3 fully saturated rings. The van der Waals surface area contributed by atoms with E-state index in [4.69, 9.17) is 5.73 Å². The number of hydrogen-bond donors (Lipinski definition) is 1. The number of nitrogens with two attached hydrogens (primary N) is 1. The molecule has 7 nitrogen and oxygen atoms in total. The SMILES string of the molecule is CN(C)C1(c2ccccc2)CCC2(CC1)CN(CC(=O)CCC(N)=O)C(=O)N2CC1CC1. The number of benzene rings is 1. The number of carbonyl (C=O) groups is 3. The molecule has 7 heteroatoms. The normalized spacial score (nSPS) is 28.0. The number of urea groups is 1. The van der Waals surface area contributed by atoms with Crippen LogP contribution in [0, 0.1) is 5.92 Å². The fraction of sp³-hybridized carbons (Fsp3) is 0.640. The summed E-state index contributed by atoms with van der Waals surface area (Å²) in [6, 6.07) is 10.7. The topological polar surface area (TPSA) is 87.0 Å². The Labute approximate surface area is 190 Å². The number of amides is 3. The lowest BCUT2D eigenvalue weighted by Gasteiger charge is -2.51. The quantitative estimate of drug-likeness (QED) is 0.640. The van der Waals surface area contributed by atoms with Crippen LogP contribution in [0.15, 0.2) is 30.3 Å². The van der Waals surface area contributed by atoms with Gasteiger partial charge >= 0.3 is 6.03 Å². The summed E-state index contributed by atoms with van der Waals surface area (Å²) in [5.74, 6) is 0.0189. The van der Waals surface area contributed by atoms with Crippen LogP contribution in [-0.4, -0.2) is 71.7 Å². The zero-order valence-electron chi connectivity index (χ0n) is 19.4. The number of primary amides is 1. The molecule has 3 amide bonds. The Bertz CT molecular complexity index is 857. The second kappa shape index (κ2) is 8.85. The van der Waals surface area contributed by atoms with E-state index in [9.17, 15) is 14.4 Å². The average molecular weight is 441 g/mol. The molecule has 174 valence electrons. The molecule has 1 heterocycles. The molecule has 1 saturated heterocycles. The molecular formula is C25H36N4O3. The van der Waals surface area contributed by atoms with Gasteiger partial charge in [0.1, 0.15) is 0 Å². The standard InChI is InChI=1S/C25H36N4O3/c1-27(2)25(20-6-4-3-5-7-20)14-12-24(13-15-25)18-28(17-21(30)10-11-22(26)31)23(32)29(24)16-19-8-9-19/h3-7,19H,8-18H2,1-2H3,(H2,26,31). The second-order valence-corrected chi connectivity index (χ2v) is 10.2. The van der Waals surface area contributed by atoms with E-state index in [0.29, 0.717) is 12.5 Å². The minimum Gasteiger partial charge on any atom is -0.370 e. The zero-order chi connectivity index (χ0) is 22.9. The van der Waals surface area contributed by atoms with Crippen molar-refractivity contribution in [3.05, 3.63) is 35.9 Å². The Kier molecular flexibility index (Phi) is 6.30. The molecule has 3 aliphatic rings. The van der Waals surface area contributed by atoms with Gasteiger partial charge in [0.05, 0.1) is 12.1 Å². The average Bonchev–Trinajstić information content (AvgIpc) is 3.56. The number of nitrogens with zero attached hydrogens (tertiary/aromatic N) is 3. The van der Waals surface area contributed by atoms with Crippen LogP contribution in [0.5, 0.6) is 0 Å². The molecule has 0 atom stereocenters. The van der Waals surface area contributed by atoms with Gasteiger partial charge in [-0.25, -0.2) is 4.79 Å². The Balaban J connectivity index is 1.52. The first-order valence-corrected chi connectivity index (χ1v) is 11.9. The van der Waals surface area contributed by atoms with Crippen molar-refractivity contribution in [1.29, 1.82) is 0 Å². The van der Waals surface area contributed by atoms with Gasteiger partial charge in [-0.15, -0.1) is 0 Å². The minimum absolute atomic E-state index is 0.0126. The lowest BCUT2D eigenvalue weighted by Crippen LogP contribution is -2.55. The number of hydrogen-bond acceptors (Lipinski definition) is 4. The first kappa shape index (κ1) is 22.8. The van der Waals surface area contributed by atoms with Crippen molar-refractivity contribution in [3.8, 4) is 0 Å². The van der Waals surface area contributed by atoms with E-state index in [1.807, 2.05) is 0 Å². The van der Waals surface area contributed by atoms with Gasteiger partial charge in [-0.05, 0) is 64.1 Å². The van der Waals surface area contributed by atoms with E-state index in [-0.39, 0.29) is 42.3 Å². The van der Waals surface area contributed by atoms with Crippen LogP contribution in [0.1, 0.15) is 56.9 Å². The molecule has 0 bridgehead atoms. The summed E-state index contributed by atoms with van der Waals surface area (Å²) in [5.41, 5.74) is 6.27. The van der Waals surface area contributed by atoms with E-state index >= 15 is 0 Å². The van der Waals surface area contributed by atoms with Crippen LogP contribution in [0.4, 0.5) is 4.79 Å². The maximum atomic E-state index is 13.4. The maximum Gasteiger partial charge on any atom is 0.321 e. The smallest absolute Gasteiger partial charge is 0.321 e. The highest BCUT2D eigenvalue weighted by atomic mass is 16.2. The molecule has 2 saturated carbocycles. The van der Waals surface area contributed by atoms with Crippen molar-refractivity contribution in [1.82, 2.24) is 14.7 Å². The summed E-state index contributed by atoms with van der Waals surface area (Å²) in [6.07, 6.45) is 6.30. The van der Waals surface area contributed by atoms with E-state index in [2.05, 4.69) is 54.2 Å². The third-order valence-corrected chi connectivity index (χ3v) is 7.89. The molecule has 0 aromatic heterocycles. The van der Waals surface area contributed by atoms with Crippen molar-refractivity contribution in [2.45, 2.75) is 62.4 Å². The van der Waals surface area contributed by atoms with Crippen molar-refractivity contribution >= 4 is 17.7 Å². The first-order chi connectivity index (χ1) is 15.3. The van der Waals surface area contributed by atoms with Crippen molar-refractivity contribution < 1.29 is 14.4 Å². The van der Waals surface area contributed by atoms with Crippen LogP contribution in [0.3, 0.4) is 0 Å². The highest BCUT2D eigenvalue weighted by molar-refractivity contribution is 5.89. The predicted octanol–water partition coefficient (Wildman–Crippen LogP) is 2.74. The van der Waals surface area contributed by atoms with Crippen molar-refractivity contribution in [2.24, 2.45) is 11.7 Å². The van der Waals surface area contributed by atoms with Crippen molar-refractivity contribution in [2.75, 3.05) is 33.7 Å². The predicted molar refractivity (Wildman–Crippen MR) is 123 cm³/mol. The molecule has 2 aliphatic carbocycles. The van der Waals surface area contributed by atoms with Gasteiger partial charge in [0.2, 0.25) is 5.91 Å². The number of Topliss-reactive ketones (excluding diaryl/α,β-unsaturated/α-hetero) is 1. The number of ketones is 1. The zero-order valence-corrected chi connectivity index (χ0v) is 19.4. The Hall–Kier alpha value is -2.41. The third kappa shape index (κ3) is 4.40. The van der Waals surface area contributed by atoms with Crippen LogP contribution in [0.25, 0.3) is 0 Å². The largest absolute Gasteiger partial charge is 0.370 e. The molecule has 32 heavy (non-hydrogen) atoms. The molecule has 1 spiro atoms. The summed E-state index contributed by atoms with van der Waals surface area (Å²) in [6.45, 7) is 1.47. The second-order valence-electron chi connectivity index (χ2n) is 10.2. The van der Waals surface area contributed by atoms with Gasteiger partial charge < -0.3 is 15.5 Å². The molecule has 1 aromatic carbocycles. The molecule has 1 aliphatic heterocycles. The van der Waals surface area contributed by atoms with Gasteiger partial charge in [-0.1, -0.05) is 30.3 Å². The van der Waals surface area contributed by atoms with Crippen molar-refractivity contribution in [3.63, 3.8) is 0 Å². The Morgan fingerprint density at radius 2 is 1.72 bits per heavy atom. The van der Waals surface area contributed by atoms with E-state index < -0.39 is 5.91 Å². The molecule has 4 rings (SSSR count). The van der Waals surface area contributed by atoms with Crippen LogP contribution < -0.4 is 5.73 Å². The highest BCUT2D eigenvalue weighted by Gasteiger charge is 2.55. The molecule has 2 N–H and O–H groups in total. The highest BCUT2D eigenvalue weighted by Crippen LogP contribution is 2.49. The fourth-order valence-electron chi connectivity index (χ4n) is 5.69. The summed E-state index contributed by atoms with van der Waals surface area (Å²) in [4.78, 5) is 43.0. The van der Waals surface area contributed by atoms with E-state index in [1.165, 1.54) is 18.4 Å². The molecular weight excluding hydrogens is 404 g/mol. The van der Waals surface area contributed by atoms with Gasteiger partial charge in [-0.2, -0.15) is 0 Å². The molecule has 0 unspecified atom stereocenters. The van der Waals surface area contributed by atoms with E-state index in [1.54, 1.807) is 4.90 Å². The summed E-state index contributed by atoms with van der Waals surface area (Å²) >= 11 is 0. The van der Waals surface area contributed by atoms with E-state index in [0.717, 1.165) is 32.2 Å². The first-order valence-electron chi connectivity index (χ1n) is 11.9. The molecule has 0 radical (unpaired) electrons. The Morgan fingerprint density at radius 1 is 1.06 bits per heavy atom. The lowest BCUT2D eigenvalue weighted by molar-refractivity contribution is -0.124. The fourth-order valence-corrected chi connectivity index (χ4v) is 5.69. The number of rotatable bonds is 9. The van der Waals surface area contributed by atoms with Gasteiger partial charge in [0.15, 0.2) is 5.78 Å². The Morgan fingerprint density at radius 3 is 2.28 bits per heavy atom. The van der Waals surface area contributed by atoms with Gasteiger partial charge in [-0.3, -0.25) is 14.5 Å². The van der Waals surface area contributed by atoms with Crippen LogP contribution in [0.2, 0.25) is 0 Å². The third-order valence-electron chi connectivity index (χ3n) is 7.89. The maximum absolute atomic E-state index is 13.4. The summed E-state index contributed by atoms with van der Waals surface area (Å²) in [7, 11) is 4.30. The van der Waals surface area contributed by atoms with Gasteiger partial charge in [0.25, 0.3) is 0 Å². The summed E-state index contributed by atoms with van der Waals surface area (Å²) < 4.78 is 0. The molecule has 1 aromatic rings.